The molecule has 2 aliphatic rings. The molecule has 0 saturated heterocycles. The molecule has 0 aromatic heterocycles. The molecule has 1 atom stereocenters. The van der Waals surface area contributed by atoms with Gasteiger partial charge in [0.25, 0.3) is 11.8 Å². The second kappa shape index (κ2) is 13.4. The fourth-order valence-electron chi connectivity index (χ4n) is 6.12. The van der Waals surface area contributed by atoms with Gasteiger partial charge in [-0.25, -0.2) is 15.8 Å². The standard InChI is InChI=1S/C32H43FN6O2/c1-21(2)8-13-28(24-9-11-25(12-10-24)30(40)35-18-19-36-38-34)39-31(41)29(26-6-5-7-27(33)20-26)37-32(39)16-14-23(15-17-32)22(3)4/h5-7,9-12,19-23,28,38H,8,13-18,34H2,1-4H3,(H,35,40)/b36-19+. The fraction of sp³-hybridized carbons (Fsp3) is 0.500. The van der Waals surface area contributed by atoms with Crippen LogP contribution in [0.2, 0.25) is 0 Å². The summed E-state index contributed by atoms with van der Waals surface area (Å²) < 4.78 is 14.2. The molecule has 1 aliphatic carbocycles. The van der Waals surface area contributed by atoms with Crippen molar-refractivity contribution in [2.45, 2.75) is 77.9 Å². The van der Waals surface area contributed by atoms with E-state index in [1.165, 1.54) is 18.3 Å². The molecule has 2 aromatic rings. The van der Waals surface area contributed by atoms with Crippen LogP contribution in [0, 0.1) is 23.6 Å². The lowest BCUT2D eigenvalue weighted by Gasteiger charge is -2.46. The smallest absolute Gasteiger partial charge is 0.275 e. The lowest BCUT2D eigenvalue weighted by atomic mass is 9.75. The average molecular weight is 563 g/mol. The van der Waals surface area contributed by atoms with E-state index < -0.39 is 5.66 Å². The third-order valence-electron chi connectivity index (χ3n) is 8.47. The first-order chi connectivity index (χ1) is 19.6. The van der Waals surface area contributed by atoms with Crippen LogP contribution in [0.5, 0.6) is 0 Å². The minimum absolute atomic E-state index is 0.151. The van der Waals surface area contributed by atoms with Crippen LogP contribution in [-0.2, 0) is 4.79 Å². The lowest BCUT2D eigenvalue weighted by Crippen LogP contribution is -2.51. The van der Waals surface area contributed by atoms with E-state index in [-0.39, 0.29) is 30.2 Å². The van der Waals surface area contributed by atoms with Crippen LogP contribution in [0.15, 0.2) is 58.6 Å². The quantitative estimate of drug-likeness (QED) is 0.195. The predicted molar refractivity (Wildman–Crippen MR) is 161 cm³/mol. The molecule has 1 aliphatic heterocycles. The number of nitrogens with zero attached hydrogens (tertiary/aromatic N) is 3. The number of benzene rings is 2. The van der Waals surface area contributed by atoms with Crippen LogP contribution in [0.3, 0.4) is 0 Å². The molecule has 1 saturated carbocycles. The molecular weight excluding hydrogens is 519 g/mol. The van der Waals surface area contributed by atoms with Crippen molar-refractivity contribution in [3.05, 3.63) is 71.0 Å². The van der Waals surface area contributed by atoms with Gasteiger partial charge >= 0.3 is 0 Å². The van der Waals surface area contributed by atoms with E-state index in [4.69, 9.17) is 10.8 Å². The van der Waals surface area contributed by atoms with Crippen molar-refractivity contribution in [2.24, 2.45) is 33.7 Å². The summed E-state index contributed by atoms with van der Waals surface area (Å²) in [5.74, 6) is 5.95. The number of amides is 2. The Morgan fingerprint density at radius 1 is 1.15 bits per heavy atom. The summed E-state index contributed by atoms with van der Waals surface area (Å²) in [6.07, 6.45) is 6.68. The highest BCUT2D eigenvalue weighted by molar-refractivity contribution is 6.46. The maximum absolute atomic E-state index is 14.3. The summed E-state index contributed by atoms with van der Waals surface area (Å²) >= 11 is 0. The maximum Gasteiger partial charge on any atom is 0.275 e. The summed E-state index contributed by atoms with van der Waals surface area (Å²) in [5.41, 5.74) is 3.83. The van der Waals surface area contributed by atoms with E-state index in [2.05, 4.69) is 43.6 Å². The number of carbonyl (C=O) groups excluding carboxylic acids is 2. The van der Waals surface area contributed by atoms with Gasteiger partial charge in [-0.15, -0.1) is 0 Å². The summed E-state index contributed by atoms with van der Waals surface area (Å²) in [5, 5.41) is 6.44. The molecule has 4 N–H and O–H groups in total. The van der Waals surface area contributed by atoms with E-state index in [9.17, 15) is 14.0 Å². The first kappa shape index (κ1) is 30.4. The number of halogens is 1. The number of nitrogens with one attached hydrogen (secondary N) is 2. The zero-order valence-electron chi connectivity index (χ0n) is 24.6. The van der Waals surface area contributed by atoms with Crippen molar-refractivity contribution in [2.75, 3.05) is 6.54 Å². The van der Waals surface area contributed by atoms with Gasteiger partial charge in [-0.2, -0.15) is 5.10 Å². The highest BCUT2D eigenvalue weighted by Crippen LogP contribution is 2.48. The predicted octanol–water partition coefficient (Wildman–Crippen LogP) is 5.36. The number of rotatable bonds is 11. The third-order valence-corrected chi connectivity index (χ3v) is 8.47. The Morgan fingerprint density at radius 2 is 1.85 bits per heavy atom. The molecule has 220 valence electrons. The van der Waals surface area contributed by atoms with E-state index in [1.807, 2.05) is 17.0 Å². The van der Waals surface area contributed by atoms with E-state index in [0.29, 0.717) is 34.6 Å². The summed E-state index contributed by atoms with van der Waals surface area (Å²) in [7, 11) is 0. The zero-order valence-corrected chi connectivity index (χ0v) is 24.6. The molecule has 2 aromatic carbocycles. The van der Waals surface area contributed by atoms with Crippen LogP contribution >= 0.6 is 0 Å². The molecule has 0 bridgehead atoms. The number of hydrazone groups is 1. The van der Waals surface area contributed by atoms with Gasteiger partial charge in [-0.3, -0.25) is 14.6 Å². The van der Waals surface area contributed by atoms with Gasteiger partial charge < -0.3 is 10.2 Å². The SMILES string of the molecule is CC(C)CCC(c1ccc(C(=O)NC/C=N/NN)cc1)N1C(=O)C(c2cccc(F)c2)=NC12CCC(C(C)C)CC2. The lowest BCUT2D eigenvalue weighted by molar-refractivity contribution is -0.133. The van der Waals surface area contributed by atoms with Gasteiger partial charge in [0.1, 0.15) is 17.2 Å². The first-order valence-corrected chi connectivity index (χ1v) is 14.7. The number of hydrazine groups is 1. The Bertz CT molecular complexity index is 1270. The van der Waals surface area contributed by atoms with Gasteiger partial charge in [0.2, 0.25) is 0 Å². The number of nitrogens with two attached hydrogens (primary N) is 1. The van der Waals surface area contributed by atoms with Crippen molar-refractivity contribution in [3.8, 4) is 0 Å². The number of aliphatic imine (C=N–C) groups is 1. The van der Waals surface area contributed by atoms with Gasteiger partial charge in [0, 0.05) is 17.3 Å². The Kier molecular flexibility index (Phi) is 9.91. The number of carbonyl (C=O) groups is 2. The van der Waals surface area contributed by atoms with Crippen molar-refractivity contribution < 1.29 is 14.0 Å². The van der Waals surface area contributed by atoms with Gasteiger partial charge in [0.05, 0.1) is 12.6 Å². The molecule has 1 heterocycles. The van der Waals surface area contributed by atoms with Crippen LogP contribution in [0.1, 0.15) is 93.7 Å². The van der Waals surface area contributed by atoms with E-state index in [0.717, 1.165) is 44.1 Å². The molecule has 2 amide bonds. The summed E-state index contributed by atoms with van der Waals surface area (Å²) in [4.78, 5) is 34.1. The minimum Gasteiger partial charge on any atom is -0.347 e. The van der Waals surface area contributed by atoms with Crippen LogP contribution in [0.25, 0.3) is 0 Å². The van der Waals surface area contributed by atoms with E-state index in [1.54, 1.807) is 24.3 Å². The fourth-order valence-corrected chi connectivity index (χ4v) is 6.12. The van der Waals surface area contributed by atoms with Crippen molar-refractivity contribution >= 4 is 23.7 Å². The highest BCUT2D eigenvalue weighted by Gasteiger charge is 2.52. The molecule has 8 nitrogen and oxygen atoms in total. The van der Waals surface area contributed by atoms with Crippen molar-refractivity contribution in [1.82, 2.24) is 15.8 Å². The Balaban J connectivity index is 1.69. The first-order valence-electron chi connectivity index (χ1n) is 14.7. The molecule has 9 heteroatoms. The highest BCUT2D eigenvalue weighted by atomic mass is 19.1. The topological polar surface area (TPSA) is 112 Å². The molecular formula is C32H43FN6O2. The Labute approximate surface area is 242 Å². The Morgan fingerprint density at radius 3 is 2.46 bits per heavy atom. The number of hydrogen-bond donors (Lipinski definition) is 3. The maximum atomic E-state index is 14.3. The van der Waals surface area contributed by atoms with Gasteiger partial charge in [0.15, 0.2) is 0 Å². The minimum atomic E-state index is -0.668. The van der Waals surface area contributed by atoms with Crippen LogP contribution < -0.4 is 16.7 Å². The van der Waals surface area contributed by atoms with E-state index >= 15 is 0 Å². The second-order valence-electron chi connectivity index (χ2n) is 12.0. The van der Waals surface area contributed by atoms with Crippen molar-refractivity contribution in [1.29, 1.82) is 0 Å². The molecule has 0 radical (unpaired) electrons. The van der Waals surface area contributed by atoms with Crippen LogP contribution in [-0.4, -0.2) is 40.8 Å². The second-order valence-corrected chi connectivity index (χ2v) is 12.0. The molecule has 1 unspecified atom stereocenters. The molecule has 1 fully saturated rings. The Hall–Kier alpha value is -3.59. The zero-order chi connectivity index (χ0) is 29.6. The average Bonchev–Trinajstić information content (AvgIpc) is 3.22. The monoisotopic (exact) mass is 562 g/mol. The molecule has 4 rings (SSSR count). The normalized spacial score (nSPS) is 21.7. The molecule has 41 heavy (non-hydrogen) atoms. The van der Waals surface area contributed by atoms with Crippen molar-refractivity contribution in [3.63, 3.8) is 0 Å². The van der Waals surface area contributed by atoms with Gasteiger partial charge in [-0.1, -0.05) is 52.0 Å². The third kappa shape index (κ3) is 7.01. The van der Waals surface area contributed by atoms with Crippen LogP contribution in [0.4, 0.5) is 4.39 Å². The van der Waals surface area contributed by atoms with Gasteiger partial charge in [-0.05, 0) is 86.1 Å². The largest absolute Gasteiger partial charge is 0.347 e. The summed E-state index contributed by atoms with van der Waals surface area (Å²) in [6.45, 7) is 9.11. The molecule has 1 spiro atoms. The number of hydrogen-bond acceptors (Lipinski definition) is 6. The summed E-state index contributed by atoms with van der Waals surface area (Å²) in [6, 6.07) is 13.4.